The second kappa shape index (κ2) is 36.0. The highest BCUT2D eigenvalue weighted by Gasteiger charge is 2.20. The van der Waals surface area contributed by atoms with Crippen LogP contribution >= 0.6 is 7.82 Å². The minimum Gasteiger partial charge on any atom is -0.756 e. The third-order valence-electron chi connectivity index (χ3n) is 9.01. The van der Waals surface area contributed by atoms with Crippen LogP contribution in [0.4, 0.5) is 0 Å². The molecule has 0 spiro atoms. The maximum Gasteiger partial charge on any atom is 0.306 e. The number of phosphoric ester groups is 1. The van der Waals surface area contributed by atoms with Crippen LogP contribution in [0.25, 0.3) is 0 Å². The van der Waals surface area contributed by atoms with Crippen LogP contribution in [0, 0.1) is 0 Å². The van der Waals surface area contributed by atoms with Crippen molar-refractivity contribution >= 4 is 13.8 Å². The van der Waals surface area contributed by atoms with Gasteiger partial charge in [-0.3, -0.25) is 9.36 Å². The van der Waals surface area contributed by atoms with Crippen molar-refractivity contribution in [2.45, 2.75) is 187 Å². The molecule has 0 bridgehead atoms. The SMILES string of the molecule is CCCCCC=CCC=CCCCCCCCC(=O)OC(COCCCCCCCCCCCCCCCC)COP(=O)([O-])OCC[N+](C)(C)C. The summed E-state index contributed by atoms with van der Waals surface area (Å²) in [6, 6.07) is 0. The second-order valence-corrected chi connectivity index (χ2v) is 16.8. The zero-order valence-corrected chi connectivity index (χ0v) is 35.0. The summed E-state index contributed by atoms with van der Waals surface area (Å²) >= 11 is 0. The summed E-state index contributed by atoms with van der Waals surface area (Å²) in [6.45, 7) is 5.38. The van der Waals surface area contributed by atoms with Gasteiger partial charge in [0.2, 0.25) is 0 Å². The smallest absolute Gasteiger partial charge is 0.306 e. The number of ether oxygens (including phenoxy) is 2. The van der Waals surface area contributed by atoms with Gasteiger partial charge in [0.05, 0.1) is 34.4 Å². The van der Waals surface area contributed by atoms with Gasteiger partial charge in [-0.1, -0.05) is 154 Å². The number of rotatable bonds is 39. The highest BCUT2D eigenvalue weighted by molar-refractivity contribution is 7.45. The summed E-state index contributed by atoms with van der Waals surface area (Å²) in [5.41, 5.74) is 0. The van der Waals surface area contributed by atoms with Gasteiger partial charge in [-0.05, 0) is 44.9 Å². The zero-order valence-electron chi connectivity index (χ0n) is 34.1. The van der Waals surface area contributed by atoms with Gasteiger partial charge in [-0.25, -0.2) is 0 Å². The van der Waals surface area contributed by atoms with Crippen molar-refractivity contribution in [3.8, 4) is 0 Å². The lowest BCUT2D eigenvalue weighted by Gasteiger charge is -2.28. The van der Waals surface area contributed by atoms with E-state index in [2.05, 4.69) is 38.2 Å². The van der Waals surface area contributed by atoms with Gasteiger partial charge in [0.1, 0.15) is 19.3 Å². The number of nitrogens with zero attached hydrogens (tertiary/aromatic N) is 1. The van der Waals surface area contributed by atoms with Crippen molar-refractivity contribution in [1.82, 2.24) is 0 Å². The number of phosphoric acid groups is 1. The average Bonchev–Trinajstić information content (AvgIpc) is 3.08. The number of hydrogen-bond donors (Lipinski definition) is 0. The Morgan fingerprint density at radius 1 is 0.608 bits per heavy atom. The maximum atomic E-state index is 12.6. The summed E-state index contributed by atoms with van der Waals surface area (Å²) in [6.07, 6.45) is 38.9. The number of hydrogen-bond acceptors (Lipinski definition) is 7. The van der Waals surface area contributed by atoms with E-state index in [-0.39, 0.29) is 25.8 Å². The van der Waals surface area contributed by atoms with Crippen LogP contribution in [0.5, 0.6) is 0 Å². The quantitative estimate of drug-likeness (QED) is 0.0203. The van der Waals surface area contributed by atoms with E-state index < -0.39 is 13.9 Å². The molecule has 0 fully saturated rings. The molecule has 2 atom stereocenters. The van der Waals surface area contributed by atoms with Crippen LogP contribution in [0.15, 0.2) is 24.3 Å². The van der Waals surface area contributed by atoms with Crippen LogP contribution in [0.2, 0.25) is 0 Å². The monoisotopic (exact) mass is 744 g/mol. The molecule has 0 aliphatic rings. The van der Waals surface area contributed by atoms with Crippen LogP contribution < -0.4 is 4.89 Å². The Morgan fingerprint density at radius 2 is 1.08 bits per heavy atom. The lowest BCUT2D eigenvalue weighted by Crippen LogP contribution is -2.37. The molecule has 0 N–H and O–H groups in total. The van der Waals surface area contributed by atoms with E-state index in [0.29, 0.717) is 24.1 Å². The number of esters is 1. The fourth-order valence-corrected chi connectivity index (χ4v) is 6.42. The molecule has 0 saturated carbocycles. The number of carbonyl (C=O) groups excluding carboxylic acids is 1. The molecule has 0 radical (unpaired) electrons. The standard InChI is InChI=1S/C42H82NO7P/c1-6-8-10-12-14-16-18-20-22-23-25-27-29-31-33-35-42(44)50-41(40-49-51(45,46)48-38-36-43(3,4)5)39-47-37-34-32-30-28-26-24-21-19-17-15-13-11-9-7-2/h14,16,20,22,41H,6-13,15,17-19,21,23-40H2,1-5H3. The molecule has 0 aromatic rings. The van der Waals surface area contributed by atoms with E-state index in [1.54, 1.807) is 0 Å². The van der Waals surface area contributed by atoms with Gasteiger partial charge in [-0.2, -0.15) is 0 Å². The molecule has 8 nitrogen and oxygen atoms in total. The first-order valence-electron chi connectivity index (χ1n) is 21.1. The maximum absolute atomic E-state index is 12.6. The molecule has 0 amide bonds. The zero-order chi connectivity index (χ0) is 37.7. The van der Waals surface area contributed by atoms with Crippen molar-refractivity contribution in [3.05, 3.63) is 24.3 Å². The molecule has 0 heterocycles. The molecular weight excluding hydrogens is 661 g/mol. The van der Waals surface area contributed by atoms with Gasteiger partial charge >= 0.3 is 5.97 Å². The molecular formula is C42H82NO7P. The number of unbranched alkanes of at least 4 members (excludes halogenated alkanes) is 21. The predicted octanol–water partition coefficient (Wildman–Crippen LogP) is 11.4. The molecule has 0 aromatic heterocycles. The molecule has 0 saturated heterocycles. The molecule has 2 unspecified atom stereocenters. The molecule has 0 rings (SSSR count). The Hall–Kier alpha value is -1.02. The second-order valence-electron chi connectivity index (χ2n) is 15.4. The summed E-state index contributed by atoms with van der Waals surface area (Å²) < 4.78 is 34.5. The van der Waals surface area contributed by atoms with E-state index in [9.17, 15) is 14.3 Å². The molecule has 0 aliphatic heterocycles. The van der Waals surface area contributed by atoms with Crippen molar-refractivity contribution in [3.63, 3.8) is 0 Å². The van der Waals surface area contributed by atoms with E-state index in [1.165, 1.54) is 103 Å². The third kappa shape index (κ3) is 40.0. The van der Waals surface area contributed by atoms with Crippen LogP contribution in [-0.4, -0.2) is 70.7 Å². The van der Waals surface area contributed by atoms with Crippen molar-refractivity contribution < 1.29 is 37.3 Å². The van der Waals surface area contributed by atoms with E-state index in [0.717, 1.165) is 57.8 Å². The first kappa shape index (κ1) is 50.0. The highest BCUT2D eigenvalue weighted by atomic mass is 31.2. The third-order valence-corrected chi connectivity index (χ3v) is 9.97. The largest absolute Gasteiger partial charge is 0.756 e. The van der Waals surface area contributed by atoms with E-state index in [1.807, 2.05) is 21.1 Å². The molecule has 51 heavy (non-hydrogen) atoms. The Labute approximate surface area is 315 Å². The van der Waals surface area contributed by atoms with Gasteiger partial charge in [0, 0.05) is 13.0 Å². The van der Waals surface area contributed by atoms with Gasteiger partial charge in [0.15, 0.2) is 0 Å². The van der Waals surface area contributed by atoms with Gasteiger partial charge < -0.3 is 27.9 Å². The normalized spacial score (nSPS) is 14.1. The summed E-state index contributed by atoms with van der Waals surface area (Å²) in [5.74, 6) is -0.346. The van der Waals surface area contributed by atoms with Crippen molar-refractivity contribution in [1.29, 1.82) is 0 Å². The minimum absolute atomic E-state index is 0.0250. The number of carbonyl (C=O) groups is 1. The Morgan fingerprint density at radius 3 is 1.63 bits per heavy atom. The first-order valence-corrected chi connectivity index (χ1v) is 22.5. The Bertz CT molecular complexity index is 874. The Balaban J connectivity index is 4.27. The summed E-state index contributed by atoms with van der Waals surface area (Å²) in [4.78, 5) is 25.0. The van der Waals surface area contributed by atoms with Gasteiger partial charge in [0.25, 0.3) is 7.82 Å². The predicted molar refractivity (Wildman–Crippen MR) is 213 cm³/mol. The summed E-state index contributed by atoms with van der Waals surface area (Å²) in [5, 5.41) is 0. The van der Waals surface area contributed by atoms with E-state index in [4.69, 9.17) is 18.5 Å². The van der Waals surface area contributed by atoms with Gasteiger partial charge in [-0.15, -0.1) is 0 Å². The lowest BCUT2D eigenvalue weighted by molar-refractivity contribution is -0.870. The van der Waals surface area contributed by atoms with Crippen LogP contribution in [-0.2, 0) is 27.9 Å². The fraction of sp³-hybridized carbons (Fsp3) is 0.881. The minimum atomic E-state index is -4.52. The number of quaternary nitrogens is 1. The van der Waals surface area contributed by atoms with E-state index >= 15 is 0 Å². The van der Waals surface area contributed by atoms with Crippen LogP contribution in [0.1, 0.15) is 181 Å². The van der Waals surface area contributed by atoms with Crippen LogP contribution in [0.3, 0.4) is 0 Å². The lowest BCUT2D eigenvalue weighted by atomic mass is 10.0. The van der Waals surface area contributed by atoms with Crippen molar-refractivity contribution in [2.24, 2.45) is 0 Å². The number of likely N-dealkylation sites (N-methyl/N-ethyl adjacent to an activating group) is 1. The molecule has 9 heteroatoms. The molecule has 0 aliphatic carbocycles. The fourth-order valence-electron chi connectivity index (χ4n) is 5.69. The Kier molecular flexibility index (Phi) is 35.3. The topological polar surface area (TPSA) is 94.1 Å². The number of allylic oxidation sites excluding steroid dienone is 4. The molecule has 0 aromatic carbocycles. The molecule has 302 valence electrons. The summed E-state index contributed by atoms with van der Waals surface area (Å²) in [7, 11) is 1.35. The van der Waals surface area contributed by atoms with Crippen molar-refractivity contribution in [2.75, 3.05) is 54.1 Å². The first-order chi connectivity index (χ1) is 24.6. The average molecular weight is 744 g/mol. The highest BCUT2D eigenvalue weighted by Crippen LogP contribution is 2.38.